The van der Waals surface area contributed by atoms with Gasteiger partial charge in [0, 0.05) is 24.5 Å². The second kappa shape index (κ2) is 8.75. The van der Waals surface area contributed by atoms with Crippen LogP contribution >= 0.6 is 0 Å². The van der Waals surface area contributed by atoms with Gasteiger partial charge in [-0.2, -0.15) is 0 Å². The SMILES string of the molecule is Cc1cccc(C(=O)O[C@@H](C)C(=O)Nc2ccc(N3CCOCC3)cc2)c1O. The number of ether oxygens (including phenoxy) is 2. The topological polar surface area (TPSA) is 88.1 Å². The Bertz CT molecular complexity index is 844. The minimum Gasteiger partial charge on any atom is -0.507 e. The van der Waals surface area contributed by atoms with E-state index in [9.17, 15) is 14.7 Å². The molecule has 7 heteroatoms. The third-order valence-electron chi connectivity index (χ3n) is 4.62. The zero-order valence-corrected chi connectivity index (χ0v) is 16.0. The van der Waals surface area contributed by atoms with Crippen molar-refractivity contribution >= 4 is 23.3 Å². The van der Waals surface area contributed by atoms with Gasteiger partial charge in [0.15, 0.2) is 6.10 Å². The van der Waals surface area contributed by atoms with Crippen molar-refractivity contribution in [1.82, 2.24) is 0 Å². The fourth-order valence-electron chi connectivity index (χ4n) is 2.92. The summed E-state index contributed by atoms with van der Waals surface area (Å²) in [5.41, 5.74) is 2.28. The van der Waals surface area contributed by atoms with E-state index in [0.717, 1.165) is 18.8 Å². The summed E-state index contributed by atoms with van der Waals surface area (Å²) in [6.45, 7) is 6.26. The van der Waals surface area contributed by atoms with Gasteiger partial charge in [-0.1, -0.05) is 12.1 Å². The number of aryl methyl sites for hydroxylation is 1. The number of hydrogen-bond acceptors (Lipinski definition) is 6. The standard InChI is InChI=1S/C21H24N2O5/c1-14-4-3-5-18(19(14)24)21(26)28-15(2)20(25)22-16-6-8-17(9-7-16)23-10-12-27-13-11-23/h3-9,15,24H,10-13H2,1-2H3,(H,22,25)/t15-/m0/s1. The molecule has 0 radical (unpaired) electrons. The number of carbonyl (C=O) groups excluding carboxylic acids is 2. The molecular formula is C21H24N2O5. The lowest BCUT2D eigenvalue weighted by Crippen LogP contribution is -2.36. The Morgan fingerprint density at radius 2 is 1.82 bits per heavy atom. The second-order valence-electron chi connectivity index (χ2n) is 6.65. The fraction of sp³-hybridized carbons (Fsp3) is 0.333. The van der Waals surface area contributed by atoms with Crippen molar-refractivity contribution in [1.29, 1.82) is 0 Å². The molecule has 0 saturated carbocycles. The van der Waals surface area contributed by atoms with Crippen LogP contribution in [0.4, 0.5) is 11.4 Å². The first-order valence-corrected chi connectivity index (χ1v) is 9.19. The summed E-state index contributed by atoms with van der Waals surface area (Å²) in [4.78, 5) is 26.8. The van der Waals surface area contributed by atoms with Crippen LogP contribution in [-0.2, 0) is 14.3 Å². The van der Waals surface area contributed by atoms with Crippen LogP contribution in [0, 0.1) is 6.92 Å². The molecule has 3 rings (SSSR count). The molecule has 2 aromatic carbocycles. The number of morpholine rings is 1. The van der Waals surface area contributed by atoms with Crippen LogP contribution < -0.4 is 10.2 Å². The lowest BCUT2D eigenvalue weighted by Gasteiger charge is -2.28. The highest BCUT2D eigenvalue weighted by Crippen LogP contribution is 2.23. The summed E-state index contributed by atoms with van der Waals surface area (Å²) in [5, 5.41) is 12.7. The molecule has 1 saturated heterocycles. The molecular weight excluding hydrogens is 360 g/mol. The number of benzene rings is 2. The molecule has 0 aromatic heterocycles. The number of phenolic OH excluding ortho intramolecular Hbond substituents is 1. The van der Waals surface area contributed by atoms with E-state index >= 15 is 0 Å². The van der Waals surface area contributed by atoms with Crippen molar-refractivity contribution in [2.45, 2.75) is 20.0 Å². The van der Waals surface area contributed by atoms with Crippen molar-refractivity contribution in [2.24, 2.45) is 0 Å². The summed E-state index contributed by atoms with van der Waals surface area (Å²) < 4.78 is 10.5. The van der Waals surface area contributed by atoms with Crippen LogP contribution in [0.2, 0.25) is 0 Å². The maximum absolute atomic E-state index is 12.3. The Hall–Kier alpha value is -3.06. The maximum atomic E-state index is 12.3. The first kappa shape index (κ1) is 19.7. The summed E-state index contributed by atoms with van der Waals surface area (Å²) in [6, 6.07) is 12.3. The van der Waals surface area contributed by atoms with E-state index in [-0.39, 0.29) is 11.3 Å². The van der Waals surface area contributed by atoms with Gasteiger partial charge in [-0.25, -0.2) is 4.79 Å². The molecule has 1 amide bonds. The summed E-state index contributed by atoms with van der Waals surface area (Å²) >= 11 is 0. The highest BCUT2D eigenvalue weighted by atomic mass is 16.5. The average molecular weight is 384 g/mol. The van der Waals surface area contributed by atoms with E-state index in [2.05, 4.69) is 10.2 Å². The van der Waals surface area contributed by atoms with Gasteiger partial charge >= 0.3 is 5.97 Å². The van der Waals surface area contributed by atoms with E-state index in [4.69, 9.17) is 9.47 Å². The van der Waals surface area contributed by atoms with Crippen molar-refractivity contribution < 1.29 is 24.2 Å². The van der Waals surface area contributed by atoms with Crippen LogP contribution in [0.1, 0.15) is 22.8 Å². The van der Waals surface area contributed by atoms with Gasteiger partial charge in [0.2, 0.25) is 0 Å². The van der Waals surface area contributed by atoms with E-state index < -0.39 is 18.0 Å². The summed E-state index contributed by atoms with van der Waals surface area (Å²) in [7, 11) is 0. The quantitative estimate of drug-likeness (QED) is 0.771. The maximum Gasteiger partial charge on any atom is 0.342 e. The highest BCUT2D eigenvalue weighted by Gasteiger charge is 2.21. The zero-order chi connectivity index (χ0) is 20.1. The largest absolute Gasteiger partial charge is 0.507 e. The molecule has 1 heterocycles. The van der Waals surface area contributed by atoms with Gasteiger partial charge < -0.3 is 24.8 Å². The number of phenols is 1. The Balaban J connectivity index is 1.57. The lowest BCUT2D eigenvalue weighted by atomic mass is 10.1. The monoisotopic (exact) mass is 384 g/mol. The van der Waals surface area contributed by atoms with Crippen molar-refractivity contribution in [3.63, 3.8) is 0 Å². The number of para-hydroxylation sites is 1. The smallest absolute Gasteiger partial charge is 0.342 e. The molecule has 2 aromatic rings. The number of nitrogens with zero attached hydrogens (tertiary/aromatic N) is 1. The number of hydrogen-bond donors (Lipinski definition) is 2. The van der Waals surface area contributed by atoms with Crippen molar-refractivity contribution in [2.75, 3.05) is 36.5 Å². The van der Waals surface area contributed by atoms with Gasteiger partial charge in [0.05, 0.1) is 13.2 Å². The van der Waals surface area contributed by atoms with Gasteiger partial charge in [-0.15, -0.1) is 0 Å². The number of carbonyl (C=O) groups is 2. The zero-order valence-electron chi connectivity index (χ0n) is 16.0. The highest BCUT2D eigenvalue weighted by molar-refractivity contribution is 5.98. The van der Waals surface area contributed by atoms with Crippen molar-refractivity contribution in [3.8, 4) is 5.75 Å². The fourth-order valence-corrected chi connectivity index (χ4v) is 2.92. The summed E-state index contributed by atoms with van der Waals surface area (Å²) in [5.74, 6) is -1.33. The van der Waals surface area contributed by atoms with Crippen LogP contribution in [0.25, 0.3) is 0 Å². The van der Waals surface area contributed by atoms with Crippen LogP contribution in [0.5, 0.6) is 5.75 Å². The molecule has 1 aliphatic rings. The van der Waals surface area contributed by atoms with E-state index in [1.165, 1.54) is 13.0 Å². The Kier molecular flexibility index (Phi) is 6.16. The van der Waals surface area contributed by atoms with Gasteiger partial charge in [-0.3, -0.25) is 4.79 Å². The molecule has 2 N–H and O–H groups in total. The normalized spacial score (nSPS) is 15.0. The van der Waals surface area contributed by atoms with Crippen molar-refractivity contribution in [3.05, 3.63) is 53.6 Å². The number of amides is 1. The second-order valence-corrected chi connectivity index (χ2v) is 6.65. The third-order valence-corrected chi connectivity index (χ3v) is 4.62. The van der Waals surface area contributed by atoms with Gasteiger partial charge in [0.1, 0.15) is 11.3 Å². The average Bonchev–Trinajstić information content (AvgIpc) is 2.71. The van der Waals surface area contributed by atoms with Crippen LogP contribution in [-0.4, -0.2) is 49.4 Å². The third kappa shape index (κ3) is 4.61. The lowest BCUT2D eigenvalue weighted by molar-refractivity contribution is -0.123. The van der Waals surface area contributed by atoms with Crippen LogP contribution in [0.15, 0.2) is 42.5 Å². The van der Waals surface area contributed by atoms with Gasteiger partial charge in [-0.05, 0) is 49.7 Å². The molecule has 1 atom stereocenters. The molecule has 148 valence electrons. The summed E-state index contributed by atoms with van der Waals surface area (Å²) in [6.07, 6.45) is -1.01. The Morgan fingerprint density at radius 1 is 1.14 bits per heavy atom. The minimum atomic E-state index is -1.01. The van der Waals surface area contributed by atoms with E-state index in [1.54, 1.807) is 19.1 Å². The number of anilines is 2. The molecule has 1 fully saturated rings. The molecule has 0 bridgehead atoms. The molecule has 0 unspecified atom stereocenters. The molecule has 1 aliphatic heterocycles. The molecule has 0 spiro atoms. The Labute approximate surface area is 163 Å². The Morgan fingerprint density at radius 3 is 2.50 bits per heavy atom. The number of nitrogens with one attached hydrogen (secondary N) is 1. The number of rotatable bonds is 5. The van der Waals surface area contributed by atoms with E-state index in [0.29, 0.717) is 24.5 Å². The van der Waals surface area contributed by atoms with Crippen LogP contribution in [0.3, 0.4) is 0 Å². The first-order chi connectivity index (χ1) is 13.5. The van der Waals surface area contributed by atoms with E-state index in [1.807, 2.05) is 24.3 Å². The molecule has 28 heavy (non-hydrogen) atoms. The molecule has 0 aliphatic carbocycles. The first-order valence-electron chi connectivity index (χ1n) is 9.19. The minimum absolute atomic E-state index is 0.0366. The predicted octanol–water partition coefficient (Wildman–Crippen LogP) is 2.72. The van der Waals surface area contributed by atoms with Gasteiger partial charge in [0.25, 0.3) is 5.91 Å². The number of aromatic hydroxyl groups is 1. The predicted molar refractivity (Wildman–Crippen MR) is 106 cm³/mol. The number of esters is 1. The molecule has 7 nitrogen and oxygen atoms in total.